The number of ether oxygens (including phenoxy) is 1. The van der Waals surface area contributed by atoms with Crippen LogP contribution in [0, 0.1) is 5.92 Å². The first-order chi connectivity index (χ1) is 14.6. The smallest absolute Gasteiger partial charge is 0.271 e. The molecule has 0 aliphatic heterocycles. The van der Waals surface area contributed by atoms with Gasteiger partial charge in [-0.3, -0.25) is 30.0 Å². The zero-order valence-corrected chi connectivity index (χ0v) is 18.0. The summed E-state index contributed by atoms with van der Waals surface area (Å²) in [6.07, 6.45) is 1.05. The fourth-order valence-electron chi connectivity index (χ4n) is 2.67. The van der Waals surface area contributed by atoms with Crippen LogP contribution in [0.1, 0.15) is 20.3 Å². The molecule has 2 amide bonds. The van der Waals surface area contributed by atoms with Gasteiger partial charge in [0.2, 0.25) is 0 Å². The molecule has 0 bridgehead atoms. The molecule has 0 aliphatic carbocycles. The fourth-order valence-corrected chi connectivity index (χ4v) is 3.66. The van der Waals surface area contributed by atoms with Crippen LogP contribution in [0.4, 0.5) is 5.69 Å². The highest BCUT2D eigenvalue weighted by molar-refractivity contribution is 7.94. The van der Waals surface area contributed by atoms with Gasteiger partial charge in [-0.05, 0) is 24.5 Å². The Morgan fingerprint density at radius 1 is 1.06 bits per heavy atom. The van der Waals surface area contributed by atoms with Gasteiger partial charge in [0.15, 0.2) is 15.6 Å². The number of carbonyl (C=O) groups excluding carboxylic acids is 2. The van der Waals surface area contributed by atoms with E-state index in [1.807, 2.05) is 13.8 Å². The summed E-state index contributed by atoms with van der Waals surface area (Å²) >= 11 is 0. The maximum absolute atomic E-state index is 12.5. The molecule has 0 saturated heterocycles. The quantitative estimate of drug-likeness (QED) is 0.280. The number of nitrogens with one attached hydrogen (secondary N) is 3. The van der Waals surface area contributed by atoms with E-state index in [1.54, 1.807) is 18.2 Å². The van der Waals surface area contributed by atoms with Gasteiger partial charge in [0, 0.05) is 11.5 Å². The Morgan fingerprint density at radius 2 is 1.71 bits per heavy atom. The fraction of sp³-hybridized carbons (Fsp3) is 0.300. The number of rotatable bonds is 9. The molecule has 0 spiro atoms. The third-order valence-electron chi connectivity index (χ3n) is 4.19. The summed E-state index contributed by atoms with van der Waals surface area (Å²) in [4.78, 5) is 47.6. The molecule has 0 saturated carbocycles. The summed E-state index contributed by atoms with van der Waals surface area (Å²) in [5, 5.41) is 3.40. The lowest BCUT2D eigenvalue weighted by Crippen LogP contribution is -2.50. The highest BCUT2D eigenvalue weighted by Crippen LogP contribution is 2.19. The van der Waals surface area contributed by atoms with Gasteiger partial charge in [-0.25, -0.2) is 8.42 Å². The number of carbonyl (C=O) groups is 2. The molecule has 166 valence electrons. The van der Waals surface area contributed by atoms with E-state index < -0.39 is 38.6 Å². The first kappa shape index (κ1) is 23.8. The Labute approximate surface area is 178 Å². The van der Waals surface area contributed by atoms with Crippen LogP contribution in [0.3, 0.4) is 0 Å². The molecule has 2 rings (SSSR count). The minimum Gasteiger partial charge on any atom is -0.491 e. The first-order valence-electron chi connectivity index (χ1n) is 9.28. The summed E-state index contributed by atoms with van der Waals surface area (Å²) in [6.45, 7) is 3.69. The molecule has 0 aromatic heterocycles. The van der Waals surface area contributed by atoms with Crippen molar-refractivity contribution < 1.29 is 22.7 Å². The van der Waals surface area contributed by atoms with E-state index in [2.05, 4.69) is 16.2 Å². The Hall–Kier alpha value is -3.47. The SMILES string of the molecule is COc1c(N[C@@H](CC(C)C)C(=O)NNC(=O)/C=C/S(=O)(=O)c2ccccc2)c(=O)c1=O. The van der Waals surface area contributed by atoms with Crippen LogP contribution in [0.5, 0.6) is 5.75 Å². The monoisotopic (exact) mass is 449 g/mol. The van der Waals surface area contributed by atoms with Crippen LogP contribution in [0.2, 0.25) is 0 Å². The number of benzene rings is 1. The van der Waals surface area contributed by atoms with Gasteiger partial charge in [0.05, 0.1) is 12.0 Å². The number of sulfone groups is 1. The molecular weight excluding hydrogens is 426 g/mol. The van der Waals surface area contributed by atoms with E-state index in [9.17, 15) is 27.6 Å². The van der Waals surface area contributed by atoms with Gasteiger partial charge in [-0.1, -0.05) is 32.0 Å². The normalized spacial score (nSPS) is 12.6. The number of hydrogen-bond acceptors (Lipinski definition) is 8. The lowest BCUT2D eigenvalue weighted by Gasteiger charge is -2.22. The lowest BCUT2D eigenvalue weighted by molar-refractivity contribution is -0.127. The summed E-state index contributed by atoms with van der Waals surface area (Å²) in [5.74, 6) is -1.68. The van der Waals surface area contributed by atoms with Crippen molar-refractivity contribution in [2.75, 3.05) is 12.4 Å². The molecule has 0 fully saturated rings. The van der Waals surface area contributed by atoms with Crippen molar-refractivity contribution in [2.45, 2.75) is 31.2 Å². The molecule has 31 heavy (non-hydrogen) atoms. The average molecular weight is 449 g/mol. The van der Waals surface area contributed by atoms with E-state index in [-0.39, 0.29) is 28.7 Å². The molecule has 10 nitrogen and oxygen atoms in total. The Bertz CT molecular complexity index is 1150. The lowest BCUT2D eigenvalue weighted by atomic mass is 10.0. The molecule has 11 heteroatoms. The van der Waals surface area contributed by atoms with Gasteiger partial charge in [0.1, 0.15) is 11.7 Å². The van der Waals surface area contributed by atoms with Crippen molar-refractivity contribution in [3.05, 3.63) is 62.3 Å². The van der Waals surface area contributed by atoms with Gasteiger partial charge in [0.25, 0.3) is 22.7 Å². The maximum atomic E-state index is 12.5. The molecule has 2 aromatic carbocycles. The van der Waals surface area contributed by atoms with Crippen molar-refractivity contribution in [3.63, 3.8) is 0 Å². The topological polar surface area (TPSA) is 148 Å². The van der Waals surface area contributed by atoms with Gasteiger partial charge in [-0.2, -0.15) is 0 Å². The second kappa shape index (κ2) is 10.0. The third-order valence-corrected chi connectivity index (χ3v) is 5.62. The minimum absolute atomic E-state index is 0.0196. The van der Waals surface area contributed by atoms with Crippen molar-refractivity contribution in [3.8, 4) is 5.75 Å². The van der Waals surface area contributed by atoms with Crippen LogP contribution in [-0.4, -0.2) is 33.4 Å². The Kier molecular flexibility index (Phi) is 7.70. The van der Waals surface area contributed by atoms with Crippen molar-refractivity contribution in [1.29, 1.82) is 0 Å². The van der Waals surface area contributed by atoms with Crippen LogP contribution in [-0.2, 0) is 19.4 Å². The van der Waals surface area contributed by atoms with Crippen molar-refractivity contribution >= 4 is 27.3 Å². The van der Waals surface area contributed by atoms with E-state index >= 15 is 0 Å². The highest BCUT2D eigenvalue weighted by Gasteiger charge is 2.28. The van der Waals surface area contributed by atoms with E-state index in [0.29, 0.717) is 0 Å². The van der Waals surface area contributed by atoms with Crippen molar-refractivity contribution in [2.24, 2.45) is 5.92 Å². The second-order valence-electron chi connectivity index (χ2n) is 7.03. The van der Waals surface area contributed by atoms with Crippen LogP contribution >= 0.6 is 0 Å². The van der Waals surface area contributed by atoms with Gasteiger partial charge < -0.3 is 10.1 Å². The molecule has 0 radical (unpaired) electrons. The standard InChI is InChI=1S/C20H23N3O7S/c1-12(2)11-14(21-16-17(25)18(26)19(16)30-3)20(27)23-22-15(24)9-10-31(28,29)13-7-5-4-6-8-13/h4-10,12,14,21H,11H2,1-3H3,(H,22,24)(H,23,27)/b10-9+/t14-/m0/s1. The average Bonchev–Trinajstić information content (AvgIpc) is 2.75. The summed E-state index contributed by atoms with van der Waals surface area (Å²) in [7, 11) is -2.58. The molecule has 3 N–H and O–H groups in total. The Morgan fingerprint density at radius 3 is 2.29 bits per heavy atom. The predicted molar refractivity (Wildman–Crippen MR) is 114 cm³/mol. The largest absolute Gasteiger partial charge is 0.491 e. The molecule has 0 heterocycles. The van der Waals surface area contributed by atoms with E-state index in [0.717, 1.165) is 11.5 Å². The molecule has 2 aromatic rings. The first-order valence-corrected chi connectivity index (χ1v) is 10.8. The van der Waals surface area contributed by atoms with Crippen LogP contribution in [0.25, 0.3) is 0 Å². The molecule has 1 atom stereocenters. The zero-order valence-electron chi connectivity index (χ0n) is 17.2. The van der Waals surface area contributed by atoms with Gasteiger partial charge in [-0.15, -0.1) is 0 Å². The maximum Gasteiger partial charge on any atom is 0.271 e. The summed E-state index contributed by atoms with van der Waals surface area (Å²) < 4.78 is 29.1. The number of hydrazine groups is 1. The second-order valence-corrected chi connectivity index (χ2v) is 8.87. The van der Waals surface area contributed by atoms with Gasteiger partial charge >= 0.3 is 0 Å². The number of anilines is 1. The third kappa shape index (κ3) is 6.01. The number of methoxy groups -OCH3 is 1. The van der Waals surface area contributed by atoms with E-state index in [1.165, 1.54) is 19.2 Å². The summed E-state index contributed by atoms with van der Waals surface area (Å²) in [5.41, 5.74) is 2.57. The summed E-state index contributed by atoms with van der Waals surface area (Å²) in [6, 6.07) is 6.58. The van der Waals surface area contributed by atoms with Crippen molar-refractivity contribution in [1.82, 2.24) is 10.9 Å². The molecule has 0 unspecified atom stereocenters. The minimum atomic E-state index is -3.81. The van der Waals surface area contributed by atoms with Crippen LogP contribution < -0.4 is 31.8 Å². The number of amides is 2. The molecule has 0 aliphatic rings. The predicted octanol–water partition coefficient (Wildman–Crippen LogP) is 0.253. The highest BCUT2D eigenvalue weighted by atomic mass is 32.2. The number of hydrogen-bond donors (Lipinski definition) is 3. The zero-order chi connectivity index (χ0) is 23.2. The van der Waals surface area contributed by atoms with Crippen LogP contribution in [0.15, 0.2) is 56.3 Å². The molecular formula is C20H23N3O7S. The van der Waals surface area contributed by atoms with E-state index in [4.69, 9.17) is 4.74 Å². The Balaban J connectivity index is 2.02.